The van der Waals surface area contributed by atoms with E-state index in [4.69, 9.17) is 0 Å². The van der Waals surface area contributed by atoms with Crippen molar-refractivity contribution in [2.75, 3.05) is 24.3 Å². The van der Waals surface area contributed by atoms with Crippen LogP contribution in [0.5, 0.6) is 0 Å². The minimum Gasteiger partial charge on any atom is -0.378 e. The topological polar surface area (TPSA) is 61.0 Å². The highest BCUT2D eigenvalue weighted by molar-refractivity contribution is 6.05. The lowest BCUT2D eigenvalue weighted by atomic mass is 10.1. The number of benzene rings is 1. The number of carbonyl (C=O) groups is 1. The highest BCUT2D eigenvalue weighted by Gasteiger charge is 2.12. The molecule has 0 aliphatic carbocycles. The van der Waals surface area contributed by atoms with E-state index in [0.717, 1.165) is 22.6 Å². The molecule has 0 spiro atoms. The maximum Gasteiger partial charge on any atom is 0.259 e. The molecule has 0 saturated heterocycles. The molecule has 1 aromatic carbocycles. The zero-order valence-electron chi connectivity index (χ0n) is 11.6. The van der Waals surface area contributed by atoms with Crippen molar-refractivity contribution in [2.24, 2.45) is 0 Å². The Morgan fingerprint density at radius 2 is 2.05 bits per heavy atom. The first-order valence-electron chi connectivity index (χ1n) is 6.08. The van der Waals surface area contributed by atoms with Crippen LogP contribution in [-0.2, 0) is 0 Å². The molecule has 0 bridgehead atoms. The minimum atomic E-state index is -0.146. The average Bonchev–Trinajstić information content (AvgIpc) is 2.77. The third kappa shape index (κ3) is 2.76. The van der Waals surface area contributed by atoms with Gasteiger partial charge >= 0.3 is 0 Å². The first kappa shape index (κ1) is 13.1. The minimum absolute atomic E-state index is 0.146. The van der Waals surface area contributed by atoms with Gasteiger partial charge in [-0.15, -0.1) is 0 Å². The SMILES string of the molecule is Cc1cc(N(C)C)ccc1NC(=O)c1cn[nH]c1C. The van der Waals surface area contributed by atoms with Crippen molar-refractivity contribution < 1.29 is 4.79 Å². The number of aryl methyl sites for hydroxylation is 2. The molecule has 0 aliphatic heterocycles. The normalized spacial score (nSPS) is 10.3. The number of H-pyrrole nitrogens is 1. The van der Waals surface area contributed by atoms with E-state index in [1.807, 2.05) is 51.0 Å². The molecule has 2 aromatic rings. The number of carbonyl (C=O) groups excluding carboxylic acids is 1. The van der Waals surface area contributed by atoms with E-state index in [2.05, 4.69) is 15.5 Å². The van der Waals surface area contributed by atoms with Crippen LogP contribution in [0, 0.1) is 13.8 Å². The van der Waals surface area contributed by atoms with E-state index in [1.165, 1.54) is 6.20 Å². The monoisotopic (exact) mass is 258 g/mol. The molecule has 0 fully saturated rings. The van der Waals surface area contributed by atoms with Gasteiger partial charge < -0.3 is 10.2 Å². The Kier molecular flexibility index (Phi) is 3.55. The van der Waals surface area contributed by atoms with Crippen molar-refractivity contribution in [1.29, 1.82) is 0 Å². The molecule has 5 heteroatoms. The van der Waals surface area contributed by atoms with Gasteiger partial charge in [0.1, 0.15) is 0 Å². The predicted molar refractivity (Wildman–Crippen MR) is 76.8 cm³/mol. The van der Waals surface area contributed by atoms with E-state index in [9.17, 15) is 4.79 Å². The summed E-state index contributed by atoms with van der Waals surface area (Å²) in [7, 11) is 3.98. The van der Waals surface area contributed by atoms with E-state index in [-0.39, 0.29) is 5.91 Å². The maximum absolute atomic E-state index is 12.1. The zero-order chi connectivity index (χ0) is 14.0. The van der Waals surface area contributed by atoms with Crippen molar-refractivity contribution in [3.05, 3.63) is 41.2 Å². The number of hydrogen-bond acceptors (Lipinski definition) is 3. The summed E-state index contributed by atoms with van der Waals surface area (Å²) < 4.78 is 0. The molecule has 0 unspecified atom stereocenters. The van der Waals surface area contributed by atoms with Gasteiger partial charge in [0.2, 0.25) is 0 Å². The summed E-state index contributed by atoms with van der Waals surface area (Å²) in [4.78, 5) is 14.1. The number of anilines is 2. The van der Waals surface area contributed by atoms with Crippen molar-refractivity contribution >= 4 is 17.3 Å². The van der Waals surface area contributed by atoms with Gasteiger partial charge in [-0.25, -0.2) is 0 Å². The van der Waals surface area contributed by atoms with Crippen molar-refractivity contribution in [3.8, 4) is 0 Å². The van der Waals surface area contributed by atoms with Crippen LogP contribution < -0.4 is 10.2 Å². The second-order valence-corrected chi connectivity index (χ2v) is 4.76. The number of hydrogen-bond donors (Lipinski definition) is 2. The van der Waals surface area contributed by atoms with Crippen LogP contribution in [0.15, 0.2) is 24.4 Å². The highest BCUT2D eigenvalue weighted by atomic mass is 16.1. The molecule has 19 heavy (non-hydrogen) atoms. The molecule has 1 heterocycles. The molecule has 0 atom stereocenters. The maximum atomic E-state index is 12.1. The summed E-state index contributed by atoms with van der Waals surface area (Å²) in [5.74, 6) is -0.146. The molecule has 1 amide bonds. The third-order valence-electron chi connectivity index (χ3n) is 3.05. The molecule has 2 N–H and O–H groups in total. The Hall–Kier alpha value is -2.30. The van der Waals surface area contributed by atoms with Crippen LogP contribution in [0.4, 0.5) is 11.4 Å². The van der Waals surface area contributed by atoms with Gasteiger partial charge in [0.15, 0.2) is 0 Å². The van der Waals surface area contributed by atoms with Gasteiger partial charge in [-0.2, -0.15) is 5.10 Å². The van der Waals surface area contributed by atoms with E-state index in [1.54, 1.807) is 0 Å². The lowest BCUT2D eigenvalue weighted by molar-refractivity contribution is 0.102. The van der Waals surface area contributed by atoms with Crippen LogP contribution in [0.3, 0.4) is 0 Å². The molecule has 0 radical (unpaired) electrons. The van der Waals surface area contributed by atoms with E-state index >= 15 is 0 Å². The van der Waals surface area contributed by atoms with Gasteiger partial charge in [-0.05, 0) is 37.6 Å². The van der Waals surface area contributed by atoms with Crippen LogP contribution in [-0.4, -0.2) is 30.2 Å². The highest BCUT2D eigenvalue weighted by Crippen LogP contribution is 2.22. The quantitative estimate of drug-likeness (QED) is 0.888. The number of amides is 1. The van der Waals surface area contributed by atoms with Gasteiger partial charge in [-0.3, -0.25) is 9.89 Å². The Labute approximate surface area is 112 Å². The lowest BCUT2D eigenvalue weighted by Gasteiger charge is -2.15. The molecule has 100 valence electrons. The lowest BCUT2D eigenvalue weighted by Crippen LogP contribution is -2.14. The van der Waals surface area contributed by atoms with Crippen molar-refractivity contribution in [1.82, 2.24) is 10.2 Å². The second kappa shape index (κ2) is 5.14. The van der Waals surface area contributed by atoms with Crippen molar-refractivity contribution in [3.63, 3.8) is 0 Å². The first-order valence-corrected chi connectivity index (χ1v) is 6.08. The summed E-state index contributed by atoms with van der Waals surface area (Å²) in [6.45, 7) is 3.80. The van der Waals surface area contributed by atoms with Gasteiger partial charge in [0.25, 0.3) is 5.91 Å². The Bertz CT molecular complexity index is 601. The van der Waals surface area contributed by atoms with Crippen LogP contribution in [0.1, 0.15) is 21.6 Å². The number of rotatable bonds is 3. The fourth-order valence-corrected chi connectivity index (χ4v) is 1.84. The average molecular weight is 258 g/mol. The fourth-order valence-electron chi connectivity index (χ4n) is 1.84. The molecular weight excluding hydrogens is 240 g/mol. The summed E-state index contributed by atoms with van der Waals surface area (Å²) in [5, 5.41) is 9.51. The smallest absolute Gasteiger partial charge is 0.259 e. The Balaban J connectivity index is 2.20. The number of aromatic nitrogens is 2. The summed E-state index contributed by atoms with van der Waals surface area (Å²) in [6.07, 6.45) is 1.54. The molecule has 2 rings (SSSR count). The van der Waals surface area contributed by atoms with Gasteiger partial charge in [-0.1, -0.05) is 0 Å². The van der Waals surface area contributed by atoms with Crippen molar-refractivity contribution in [2.45, 2.75) is 13.8 Å². The Morgan fingerprint density at radius 1 is 1.32 bits per heavy atom. The fraction of sp³-hybridized carbons (Fsp3) is 0.286. The van der Waals surface area contributed by atoms with E-state index < -0.39 is 0 Å². The van der Waals surface area contributed by atoms with Crippen LogP contribution >= 0.6 is 0 Å². The van der Waals surface area contributed by atoms with E-state index in [0.29, 0.717) is 5.56 Å². The first-order chi connectivity index (χ1) is 8.99. The number of nitrogens with one attached hydrogen (secondary N) is 2. The Morgan fingerprint density at radius 3 is 2.58 bits per heavy atom. The second-order valence-electron chi connectivity index (χ2n) is 4.76. The largest absolute Gasteiger partial charge is 0.378 e. The molecule has 5 nitrogen and oxygen atoms in total. The summed E-state index contributed by atoms with van der Waals surface area (Å²) >= 11 is 0. The standard InChI is InChI=1S/C14H18N4O/c1-9-7-11(18(3)4)5-6-13(9)16-14(19)12-8-15-17-10(12)2/h5-8H,1-4H3,(H,15,17)(H,16,19). The predicted octanol–water partition coefficient (Wildman–Crippen LogP) is 2.34. The molecular formula is C14H18N4O. The van der Waals surface area contributed by atoms with Gasteiger partial charge in [0.05, 0.1) is 11.8 Å². The van der Waals surface area contributed by atoms with Crippen LogP contribution in [0.2, 0.25) is 0 Å². The zero-order valence-corrected chi connectivity index (χ0v) is 11.6. The third-order valence-corrected chi connectivity index (χ3v) is 3.05. The molecule has 0 aliphatic rings. The number of aromatic amines is 1. The summed E-state index contributed by atoms with van der Waals surface area (Å²) in [6, 6.07) is 5.93. The van der Waals surface area contributed by atoms with Crippen LogP contribution in [0.25, 0.3) is 0 Å². The summed E-state index contributed by atoms with van der Waals surface area (Å²) in [5.41, 5.74) is 4.28. The molecule has 0 saturated carbocycles. The van der Waals surface area contributed by atoms with Gasteiger partial charge in [0, 0.05) is 31.2 Å². The number of nitrogens with zero attached hydrogens (tertiary/aromatic N) is 2. The molecule has 1 aromatic heterocycles.